The molecule has 0 unspecified atom stereocenters. The van der Waals surface area contributed by atoms with Gasteiger partial charge in [0.25, 0.3) is 0 Å². The molecule has 2 rings (SSSR count). The quantitative estimate of drug-likeness (QED) is 0.545. The molecule has 0 aliphatic carbocycles. The van der Waals surface area contributed by atoms with Gasteiger partial charge >= 0.3 is 10.2 Å². The van der Waals surface area contributed by atoms with Crippen LogP contribution in [0, 0.1) is 5.82 Å². The zero-order chi connectivity index (χ0) is 24.8. The van der Waals surface area contributed by atoms with Crippen molar-refractivity contribution in [3.05, 3.63) is 64.9 Å². The topological polar surface area (TPSA) is 90.0 Å². The van der Waals surface area contributed by atoms with E-state index >= 15 is 0 Å². The van der Waals surface area contributed by atoms with Crippen molar-refractivity contribution in [2.75, 3.05) is 32.0 Å². The smallest absolute Gasteiger partial charge is 0.304 e. The van der Waals surface area contributed by atoms with E-state index in [9.17, 15) is 22.4 Å². The second kappa shape index (κ2) is 11.4. The summed E-state index contributed by atoms with van der Waals surface area (Å²) in [6, 6.07) is 10.8. The van der Waals surface area contributed by atoms with Crippen LogP contribution in [0.3, 0.4) is 0 Å². The minimum absolute atomic E-state index is 0.0706. The molecule has 0 heterocycles. The number of hydrogen-bond acceptors (Lipinski definition) is 4. The van der Waals surface area contributed by atoms with E-state index in [0.717, 1.165) is 26.3 Å². The highest BCUT2D eigenvalue weighted by atomic mass is 35.5. The van der Waals surface area contributed by atoms with Gasteiger partial charge in [-0.05, 0) is 48.4 Å². The van der Waals surface area contributed by atoms with Crippen molar-refractivity contribution in [1.29, 1.82) is 0 Å². The van der Waals surface area contributed by atoms with Gasteiger partial charge in [0.05, 0.1) is 5.69 Å². The van der Waals surface area contributed by atoms with Crippen LogP contribution in [-0.4, -0.2) is 63.2 Å². The van der Waals surface area contributed by atoms with Crippen molar-refractivity contribution >= 4 is 39.3 Å². The molecule has 2 aromatic rings. The van der Waals surface area contributed by atoms with Gasteiger partial charge in [0, 0.05) is 32.7 Å². The van der Waals surface area contributed by atoms with Crippen LogP contribution in [0.1, 0.15) is 18.9 Å². The van der Waals surface area contributed by atoms with Crippen LogP contribution < -0.4 is 9.62 Å². The lowest BCUT2D eigenvalue weighted by atomic mass is 10.1. The third-order valence-electron chi connectivity index (χ3n) is 5.03. The first-order valence-corrected chi connectivity index (χ1v) is 12.0. The molecule has 0 aliphatic rings. The Balaban J connectivity index is 2.47. The fraction of sp³-hybridized carbons (Fsp3) is 0.364. The molecule has 0 fully saturated rings. The number of hydrogen-bond donors (Lipinski definition) is 1. The van der Waals surface area contributed by atoms with Gasteiger partial charge < -0.3 is 10.2 Å². The summed E-state index contributed by atoms with van der Waals surface area (Å²) < 4.78 is 41.3. The van der Waals surface area contributed by atoms with Crippen molar-refractivity contribution in [1.82, 2.24) is 14.5 Å². The normalized spacial score (nSPS) is 12.3. The van der Waals surface area contributed by atoms with Crippen molar-refractivity contribution in [2.45, 2.75) is 25.9 Å². The number of benzene rings is 2. The molecule has 0 saturated heterocycles. The molecule has 11 heteroatoms. The summed E-state index contributed by atoms with van der Waals surface area (Å²) in [6.07, 6.45) is 0.315. The van der Waals surface area contributed by atoms with Gasteiger partial charge in [0.15, 0.2) is 0 Å². The highest BCUT2D eigenvalue weighted by molar-refractivity contribution is 7.90. The average molecular weight is 499 g/mol. The van der Waals surface area contributed by atoms with Crippen LogP contribution in [0.25, 0.3) is 0 Å². The van der Waals surface area contributed by atoms with E-state index < -0.39 is 34.5 Å². The first-order valence-electron chi connectivity index (χ1n) is 10.2. The maximum atomic E-state index is 13.5. The number of halogens is 2. The molecule has 0 aromatic heterocycles. The lowest BCUT2D eigenvalue weighted by molar-refractivity contribution is -0.140. The molecule has 8 nitrogen and oxygen atoms in total. The van der Waals surface area contributed by atoms with Gasteiger partial charge in [-0.1, -0.05) is 30.7 Å². The van der Waals surface area contributed by atoms with Gasteiger partial charge in [-0.25, -0.2) is 8.70 Å². The van der Waals surface area contributed by atoms with Crippen LogP contribution in [0.2, 0.25) is 5.02 Å². The van der Waals surface area contributed by atoms with Crippen molar-refractivity contribution in [3.8, 4) is 0 Å². The van der Waals surface area contributed by atoms with Crippen LogP contribution in [0.5, 0.6) is 0 Å². The van der Waals surface area contributed by atoms with E-state index in [2.05, 4.69) is 5.32 Å². The maximum absolute atomic E-state index is 13.5. The average Bonchev–Trinajstić information content (AvgIpc) is 2.78. The largest absolute Gasteiger partial charge is 0.357 e. The molecule has 33 heavy (non-hydrogen) atoms. The molecule has 2 aromatic carbocycles. The fourth-order valence-electron chi connectivity index (χ4n) is 3.20. The van der Waals surface area contributed by atoms with E-state index in [0.29, 0.717) is 11.4 Å². The van der Waals surface area contributed by atoms with Crippen LogP contribution in [-0.2, 0) is 26.3 Å². The summed E-state index contributed by atoms with van der Waals surface area (Å²) in [5, 5.41) is 3.07. The van der Waals surface area contributed by atoms with Gasteiger partial charge in [-0.3, -0.25) is 9.59 Å². The predicted octanol–water partition coefficient (Wildman–Crippen LogP) is 2.65. The van der Waals surface area contributed by atoms with Gasteiger partial charge in [-0.2, -0.15) is 12.7 Å². The summed E-state index contributed by atoms with van der Waals surface area (Å²) >= 11 is 5.95. The zero-order valence-electron chi connectivity index (χ0n) is 19.0. The Bertz CT molecular complexity index is 1060. The van der Waals surface area contributed by atoms with Crippen LogP contribution in [0.4, 0.5) is 10.1 Å². The Kier molecular flexibility index (Phi) is 9.21. The monoisotopic (exact) mass is 498 g/mol. The summed E-state index contributed by atoms with van der Waals surface area (Å²) in [5.41, 5.74) is 0.844. The number of nitrogens with one attached hydrogen (secondary N) is 1. The van der Waals surface area contributed by atoms with Gasteiger partial charge in [0.1, 0.15) is 18.4 Å². The molecule has 0 radical (unpaired) electrons. The van der Waals surface area contributed by atoms with E-state index in [1.807, 2.05) is 0 Å². The highest BCUT2D eigenvalue weighted by Gasteiger charge is 2.33. The molecular formula is C22H28ClFN4O4S. The van der Waals surface area contributed by atoms with Crippen molar-refractivity contribution < 1.29 is 22.4 Å². The Labute approximate surface area is 199 Å². The molecule has 0 spiro atoms. The van der Waals surface area contributed by atoms with Gasteiger partial charge in [-0.15, -0.1) is 0 Å². The Hall–Kier alpha value is -2.69. The van der Waals surface area contributed by atoms with E-state index in [-0.39, 0.29) is 18.1 Å². The number of carbonyl (C=O) groups is 2. The second-order valence-electron chi connectivity index (χ2n) is 7.46. The second-order valence-corrected chi connectivity index (χ2v) is 9.96. The molecule has 2 amide bonds. The third kappa shape index (κ3) is 6.66. The number of carbonyl (C=O) groups excluding carboxylic acids is 2. The molecule has 0 bridgehead atoms. The number of amides is 2. The first-order chi connectivity index (χ1) is 15.5. The SMILES string of the molecule is CC[C@H](C(=O)NC)N(Cc1ccc(Cl)cc1)C(=O)CN(c1ccc(F)cc1)S(=O)(=O)N(C)C. The lowest BCUT2D eigenvalue weighted by Crippen LogP contribution is -2.52. The molecule has 1 atom stereocenters. The molecular weight excluding hydrogens is 471 g/mol. The minimum atomic E-state index is -4.09. The van der Waals surface area contributed by atoms with Crippen molar-refractivity contribution in [3.63, 3.8) is 0 Å². The molecule has 0 aliphatic heterocycles. The lowest BCUT2D eigenvalue weighted by Gasteiger charge is -2.33. The van der Waals surface area contributed by atoms with Gasteiger partial charge in [0.2, 0.25) is 11.8 Å². The van der Waals surface area contributed by atoms with Crippen molar-refractivity contribution in [2.24, 2.45) is 0 Å². The van der Waals surface area contributed by atoms with E-state index in [4.69, 9.17) is 11.6 Å². The standard InChI is InChI=1S/C22H28ClFN4O4S/c1-5-20(22(30)25-2)27(14-16-6-8-17(23)9-7-16)21(29)15-28(33(31,32)26(3)4)19-12-10-18(24)11-13-19/h6-13,20H,5,14-15H2,1-4H3,(H,25,30)/t20-/m1/s1. The number of nitrogens with zero attached hydrogens (tertiary/aromatic N) is 3. The minimum Gasteiger partial charge on any atom is -0.357 e. The molecule has 180 valence electrons. The molecule has 0 saturated carbocycles. The number of anilines is 1. The Morgan fingerprint density at radius 1 is 1.06 bits per heavy atom. The fourth-order valence-corrected chi connectivity index (χ4v) is 4.38. The summed E-state index contributed by atoms with van der Waals surface area (Å²) in [5.74, 6) is -1.50. The summed E-state index contributed by atoms with van der Waals surface area (Å²) in [4.78, 5) is 27.3. The predicted molar refractivity (Wildman–Crippen MR) is 127 cm³/mol. The van der Waals surface area contributed by atoms with Crippen LogP contribution in [0.15, 0.2) is 48.5 Å². The highest BCUT2D eigenvalue weighted by Crippen LogP contribution is 2.22. The third-order valence-corrected chi connectivity index (χ3v) is 7.10. The number of likely N-dealkylation sites (N-methyl/N-ethyl adjacent to an activating group) is 1. The summed E-state index contributed by atoms with van der Waals surface area (Å²) in [7, 11) is 0.0471. The maximum Gasteiger partial charge on any atom is 0.304 e. The van der Waals surface area contributed by atoms with E-state index in [1.165, 1.54) is 38.2 Å². The molecule has 1 N–H and O–H groups in total. The van der Waals surface area contributed by atoms with E-state index in [1.54, 1.807) is 31.2 Å². The number of rotatable bonds is 10. The first kappa shape index (κ1) is 26.6. The summed E-state index contributed by atoms with van der Waals surface area (Å²) in [6.45, 7) is 1.25. The zero-order valence-corrected chi connectivity index (χ0v) is 20.5. The Morgan fingerprint density at radius 3 is 2.12 bits per heavy atom. The Morgan fingerprint density at radius 2 is 1.64 bits per heavy atom. The van der Waals surface area contributed by atoms with Crippen LogP contribution >= 0.6 is 11.6 Å².